The molecule has 1 unspecified atom stereocenters. The van der Waals surface area contributed by atoms with E-state index in [1.165, 1.54) is 19.1 Å². The summed E-state index contributed by atoms with van der Waals surface area (Å²) in [5.41, 5.74) is 6.16. The summed E-state index contributed by atoms with van der Waals surface area (Å²) in [4.78, 5) is 0. The first-order valence-corrected chi connectivity index (χ1v) is 5.94. The van der Waals surface area contributed by atoms with Gasteiger partial charge in [0, 0.05) is 10.6 Å². The lowest BCUT2D eigenvalue weighted by Crippen LogP contribution is -2.16. The molecule has 0 bridgehead atoms. The normalized spacial score (nSPS) is 12.5. The molecule has 100 valence electrons. The minimum atomic E-state index is -1.09. The van der Waals surface area contributed by atoms with E-state index in [1.807, 2.05) is 0 Å². The van der Waals surface area contributed by atoms with Gasteiger partial charge in [-0.3, -0.25) is 0 Å². The van der Waals surface area contributed by atoms with E-state index < -0.39 is 23.5 Å². The van der Waals surface area contributed by atoms with Crippen molar-refractivity contribution >= 4 is 11.6 Å². The van der Waals surface area contributed by atoms with E-state index >= 15 is 0 Å². The van der Waals surface area contributed by atoms with E-state index in [9.17, 15) is 13.2 Å². The van der Waals surface area contributed by atoms with Crippen LogP contribution in [-0.4, -0.2) is 0 Å². The van der Waals surface area contributed by atoms with Gasteiger partial charge in [-0.05, 0) is 42.3 Å². The Balaban J connectivity index is 2.56. The van der Waals surface area contributed by atoms with Gasteiger partial charge in [0.25, 0.3) is 0 Å². The molecule has 2 N–H and O–H groups in total. The lowest BCUT2D eigenvalue weighted by molar-refractivity contribution is 0.543. The average molecular weight is 286 g/mol. The van der Waals surface area contributed by atoms with Crippen molar-refractivity contribution in [3.05, 3.63) is 69.5 Å². The molecule has 5 heteroatoms. The van der Waals surface area contributed by atoms with Crippen LogP contribution in [0.2, 0.25) is 5.02 Å². The van der Waals surface area contributed by atoms with E-state index in [0.29, 0.717) is 5.56 Å². The minimum absolute atomic E-state index is 0.0400. The van der Waals surface area contributed by atoms with Crippen LogP contribution in [-0.2, 0) is 0 Å². The fourth-order valence-corrected chi connectivity index (χ4v) is 2.15. The minimum Gasteiger partial charge on any atom is -0.320 e. The van der Waals surface area contributed by atoms with Crippen LogP contribution in [0.15, 0.2) is 30.3 Å². The Morgan fingerprint density at radius 2 is 1.63 bits per heavy atom. The highest BCUT2D eigenvalue weighted by Gasteiger charge is 2.21. The summed E-state index contributed by atoms with van der Waals surface area (Å²) in [6, 6.07) is 4.87. The zero-order chi connectivity index (χ0) is 14.2. The fraction of sp³-hybridized carbons (Fsp3) is 0.143. The number of aryl methyl sites for hydroxylation is 1. The SMILES string of the molecule is Cc1cc(C(N)c2c(F)cccc2F)c(Cl)cc1F. The van der Waals surface area contributed by atoms with Crippen molar-refractivity contribution in [1.29, 1.82) is 0 Å². The molecule has 2 aromatic rings. The summed E-state index contributed by atoms with van der Waals surface area (Å²) in [6.45, 7) is 1.53. The first-order chi connectivity index (χ1) is 8.91. The maximum atomic E-state index is 13.7. The predicted molar refractivity (Wildman–Crippen MR) is 68.5 cm³/mol. The van der Waals surface area contributed by atoms with Crippen LogP contribution in [0.25, 0.3) is 0 Å². The fourth-order valence-electron chi connectivity index (χ4n) is 1.88. The summed E-state index contributed by atoms with van der Waals surface area (Å²) < 4.78 is 40.6. The number of hydrogen-bond acceptors (Lipinski definition) is 1. The van der Waals surface area contributed by atoms with E-state index in [0.717, 1.165) is 18.2 Å². The highest BCUT2D eigenvalue weighted by molar-refractivity contribution is 6.31. The van der Waals surface area contributed by atoms with Crippen LogP contribution in [0.1, 0.15) is 22.7 Å². The van der Waals surface area contributed by atoms with Gasteiger partial charge in [0.05, 0.1) is 6.04 Å². The molecule has 1 nitrogen and oxygen atoms in total. The van der Waals surface area contributed by atoms with Gasteiger partial charge < -0.3 is 5.73 Å². The second-order valence-electron chi connectivity index (χ2n) is 4.24. The first-order valence-electron chi connectivity index (χ1n) is 5.57. The van der Waals surface area contributed by atoms with Gasteiger partial charge >= 0.3 is 0 Å². The molecule has 0 saturated heterocycles. The Labute approximate surface area is 113 Å². The Morgan fingerprint density at radius 3 is 2.21 bits per heavy atom. The highest BCUT2D eigenvalue weighted by atomic mass is 35.5. The summed E-state index contributed by atoms with van der Waals surface area (Å²) in [6.07, 6.45) is 0. The molecular formula is C14H11ClF3N. The van der Waals surface area contributed by atoms with Crippen LogP contribution in [0.4, 0.5) is 13.2 Å². The van der Waals surface area contributed by atoms with Gasteiger partial charge in [-0.1, -0.05) is 17.7 Å². The third kappa shape index (κ3) is 2.60. The maximum absolute atomic E-state index is 13.7. The lowest BCUT2D eigenvalue weighted by Gasteiger charge is -2.16. The number of hydrogen-bond donors (Lipinski definition) is 1. The van der Waals surface area contributed by atoms with Gasteiger partial charge in [-0.2, -0.15) is 0 Å². The Hall–Kier alpha value is -1.52. The van der Waals surface area contributed by atoms with Gasteiger partial charge in [-0.25, -0.2) is 13.2 Å². The second-order valence-corrected chi connectivity index (χ2v) is 4.64. The van der Waals surface area contributed by atoms with Crippen LogP contribution < -0.4 is 5.73 Å². The number of rotatable bonds is 2. The molecule has 0 spiro atoms. The highest BCUT2D eigenvalue weighted by Crippen LogP contribution is 2.31. The van der Waals surface area contributed by atoms with E-state index in [-0.39, 0.29) is 16.1 Å². The molecular weight excluding hydrogens is 275 g/mol. The van der Waals surface area contributed by atoms with Crippen LogP contribution in [0.5, 0.6) is 0 Å². The summed E-state index contributed by atoms with van der Waals surface area (Å²) in [5, 5.41) is 0.0400. The van der Waals surface area contributed by atoms with Crippen LogP contribution in [0, 0.1) is 24.4 Å². The van der Waals surface area contributed by atoms with Crippen molar-refractivity contribution in [2.24, 2.45) is 5.73 Å². The first kappa shape index (κ1) is 13.9. The summed E-state index contributed by atoms with van der Waals surface area (Å²) in [7, 11) is 0. The monoisotopic (exact) mass is 285 g/mol. The number of halogens is 4. The van der Waals surface area contributed by atoms with Crippen LogP contribution in [0.3, 0.4) is 0 Å². The quantitative estimate of drug-likeness (QED) is 0.883. The van der Waals surface area contributed by atoms with Gasteiger partial charge in [0.1, 0.15) is 17.5 Å². The molecule has 0 heterocycles. The van der Waals surface area contributed by atoms with E-state index in [2.05, 4.69) is 0 Å². The lowest BCUT2D eigenvalue weighted by atomic mass is 9.97. The maximum Gasteiger partial charge on any atom is 0.131 e. The third-order valence-corrected chi connectivity index (χ3v) is 3.25. The molecule has 0 aromatic heterocycles. The number of nitrogens with two attached hydrogens (primary N) is 1. The molecule has 2 rings (SSSR count). The largest absolute Gasteiger partial charge is 0.320 e. The zero-order valence-corrected chi connectivity index (χ0v) is 10.8. The molecule has 0 aliphatic carbocycles. The van der Waals surface area contributed by atoms with Crippen molar-refractivity contribution in [1.82, 2.24) is 0 Å². The molecule has 0 aliphatic heterocycles. The molecule has 0 radical (unpaired) electrons. The molecule has 0 saturated carbocycles. The zero-order valence-electron chi connectivity index (χ0n) is 10.1. The number of benzene rings is 2. The average Bonchev–Trinajstić information content (AvgIpc) is 2.33. The topological polar surface area (TPSA) is 26.0 Å². The summed E-state index contributed by atoms with van der Waals surface area (Å²) in [5.74, 6) is -2.01. The van der Waals surface area contributed by atoms with E-state index in [4.69, 9.17) is 17.3 Å². The van der Waals surface area contributed by atoms with Gasteiger partial charge in [-0.15, -0.1) is 0 Å². The van der Waals surface area contributed by atoms with Crippen molar-refractivity contribution in [2.75, 3.05) is 0 Å². The van der Waals surface area contributed by atoms with Crippen molar-refractivity contribution < 1.29 is 13.2 Å². The Morgan fingerprint density at radius 1 is 1.05 bits per heavy atom. The predicted octanol–water partition coefficient (Wildman–Crippen LogP) is 4.11. The molecule has 0 aliphatic rings. The third-order valence-electron chi connectivity index (χ3n) is 2.92. The van der Waals surface area contributed by atoms with Crippen LogP contribution >= 0.6 is 11.6 Å². The van der Waals surface area contributed by atoms with Crippen molar-refractivity contribution in [3.8, 4) is 0 Å². The summed E-state index contributed by atoms with van der Waals surface area (Å²) >= 11 is 5.89. The smallest absolute Gasteiger partial charge is 0.131 e. The molecule has 1 atom stereocenters. The van der Waals surface area contributed by atoms with Gasteiger partial charge in [0.2, 0.25) is 0 Å². The Kier molecular flexibility index (Phi) is 3.83. The molecule has 2 aromatic carbocycles. The molecule has 19 heavy (non-hydrogen) atoms. The van der Waals surface area contributed by atoms with Crippen molar-refractivity contribution in [3.63, 3.8) is 0 Å². The molecule has 0 amide bonds. The Bertz CT molecular complexity index is 608. The van der Waals surface area contributed by atoms with Crippen molar-refractivity contribution in [2.45, 2.75) is 13.0 Å². The van der Waals surface area contributed by atoms with Gasteiger partial charge in [0.15, 0.2) is 0 Å². The molecule has 0 fully saturated rings. The standard InChI is InChI=1S/C14H11ClF3N/c1-7-5-8(9(15)6-12(7)18)14(19)13-10(16)3-2-4-11(13)17/h2-6,14H,19H2,1H3. The van der Waals surface area contributed by atoms with E-state index in [1.54, 1.807) is 0 Å². The second kappa shape index (κ2) is 5.23.